The molecule has 0 radical (unpaired) electrons. The molecule has 0 saturated heterocycles. The van der Waals surface area contributed by atoms with Crippen molar-refractivity contribution in [1.29, 1.82) is 0 Å². The number of amides is 1. The van der Waals surface area contributed by atoms with Crippen LogP contribution in [0, 0.1) is 0 Å². The summed E-state index contributed by atoms with van der Waals surface area (Å²) in [6, 6.07) is 15.2. The standard InChI is InChI=1S/C16H15NO4/c18-10-14(16(20)21)17-15(19)13-8-6-12(7-9-13)11-4-2-1-3-5-11/h1-9,14,18H,10H2,(H,17,19)(H,20,21)/t14-/m0/s1. The van der Waals surface area contributed by atoms with Crippen molar-refractivity contribution in [3.05, 3.63) is 60.2 Å². The summed E-state index contributed by atoms with van der Waals surface area (Å²) in [5.41, 5.74) is 2.33. The predicted molar refractivity (Wildman–Crippen MR) is 77.9 cm³/mol. The number of aliphatic hydroxyl groups is 1. The Morgan fingerprint density at radius 2 is 1.52 bits per heavy atom. The number of nitrogens with one attached hydrogen (secondary N) is 1. The van der Waals surface area contributed by atoms with E-state index in [2.05, 4.69) is 5.32 Å². The van der Waals surface area contributed by atoms with Crippen LogP contribution >= 0.6 is 0 Å². The van der Waals surface area contributed by atoms with E-state index >= 15 is 0 Å². The van der Waals surface area contributed by atoms with Crippen LogP contribution in [0.25, 0.3) is 11.1 Å². The van der Waals surface area contributed by atoms with Crippen molar-refractivity contribution in [1.82, 2.24) is 5.32 Å². The molecule has 1 amide bonds. The molecule has 0 unspecified atom stereocenters. The number of aliphatic hydroxyl groups excluding tert-OH is 1. The van der Waals surface area contributed by atoms with E-state index in [1.54, 1.807) is 24.3 Å². The minimum atomic E-state index is -1.30. The van der Waals surface area contributed by atoms with E-state index in [0.29, 0.717) is 5.56 Å². The van der Waals surface area contributed by atoms with Crippen LogP contribution in [0.4, 0.5) is 0 Å². The van der Waals surface area contributed by atoms with Gasteiger partial charge in [-0.1, -0.05) is 42.5 Å². The molecule has 0 saturated carbocycles. The highest BCUT2D eigenvalue weighted by Crippen LogP contribution is 2.19. The van der Waals surface area contributed by atoms with Gasteiger partial charge >= 0.3 is 5.97 Å². The third kappa shape index (κ3) is 3.67. The van der Waals surface area contributed by atoms with Gasteiger partial charge in [0.05, 0.1) is 6.61 Å². The molecule has 5 nitrogen and oxygen atoms in total. The van der Waals surface area contributed by atoms with E-state index in [1.165, 1.54) is 0 Å². The molecule has 2 aromatic carbocycles. The first-order valence-corrected chi connectivity index (χ1v) is 6.42. The smallest absolute Gasteiger partial charge is 0.328 e. The first kappa shape index (κ1) is 14.7. The molecular formula is C16H15NO4. The number of carbonyl (C=O) groups excluding carboxylic acids is 1. The Bertz CT molecular complexity index is 622. The Morgan fingerprint density at radius 3 is 2.05 bits per heavy atom. The highest BCUT2D eigenvalue weighted by atomic mass is 16.4. The summed E-state index contributed by atoms with van der Waals surface area (Å²) in [5, 5.41) is 19.9. The zero-order valence-electron chi connectivity index (χ0n) is 11.2. The first-order chi connectivity index (χ1) is 10.1. The largest absolute Gasteiger partial charge is 0.480 e. The van der Waals surface area contributed by atoms with E-state index in [4.69, 9.17) is 10.2 Å². The molecule has 3 N–H and O–H groups in total. The van der Waals surface area contributed by atoms with Gasteiger partial charge in [0.1, 0.15) is 0 Å². The van der Waals surface area contributed by atoms with E-state index in [-0.39, 0.29) is 0 Å². The number of hydrogen-bond donors (Lipinski definition) is 3. The maximum absolute atomic E-state index is 11.9. The minimum absolute atomic E-state index is 0.342. The third-order valence-corrected chi connectivity index (χ3v) is 3.04. The number of hydrogen-bond acceptors (Lipinski definition) is 3. The van der Waals surface area contributed by atoms with Crippen LogP contribution in [0.1, 0.15) is 10.4 Å². The highest BCUT2D eigenvalue weighted by molar-refractivity contribution is 5.97. The summed E-state index contributed by atoms with van der Waals surface area (Å²) in [4.78, 5) is 22.6. The van der Waals surface area contributed by atoms with Crippen molar-refractivity contribution < 1.29 is 19.8 Å². The lowest BCUT2D eigenvalue weighted by Gasteiger charge is -2.11. The summed E-state index contributed by atoms with van der Waals surface area (Å²) < 4.78 is 0. The summed E-state index contributed by atoms with van der Waals surface area (Å²) >= 11 is 0. The number of rotatable bonds is 5. The molecule has 21 heavy (non-hydrogen) atoms. The minimum Gasteiger partial charge on any atom is -0.480 e. The molecule has 0 fully saturated rings. The fraction of sp³-hybridized carbons (Fsp3) is 0.125. The van der Waals surface area contributed by atoms with Crippen molar-refractivity contribution >= 4 is 11.9 Å². The molecule has 0 aromatic heterocycles. The topological polar surface area (TPSA) is 86.6 Å². The van der Waals surface area contributed by atoms with Crippen LogP contribution in [-0.4, -0.2) is 34.7 Å². The molecule has 0 bridgehead atoms. The second-order valence-electron chi connectivity index (χ2n) is 4.49. The number of aliphatic carboxylic acids is 1. The molecule has 5 heteroatoms. The maximum atomic E-state index is 11.9. The number of carboxylic acid groups (broad SMARTS) is 1. The van der Waals surface area contributed by atoms with Gasteiger partial charge < -0.3 is 15.5 Å². The van der Waals surface area contributed by atoms with Gasteiger partial charge in [-0.2, -0.15) is 0 Å². The molecular weight excluding hydrogens is 270 g/mol. The lowest BCUT2D eigenvalue weighted by atomic mass is 10.0. The average Bonchev–Trinajstić information content (AvgIpc) is 2.53. The lowest BCUT2D eigenvalue weighted by molar-refractivity contribution is -0.140. The number of carbonyl (C=O) groups is 2. The normalized spacial score (nSPS) is 11.7. The molecule has 108 valence electrons. The highest BCUT2D eigenvalue weighted by Gasteiger charge is 2.19. The molecule has 0 aliphatic heterocycles. The van der Waals surface area contributed by atoms with Gasteiger partial charge in [0.15, 0.2) is 6.04 Å². The van der Waals surface area contributed by atoms with Crippen molar-refractivity contribution in [2.24, 2.45) is 0 Å². The molecule has 0 aliphatic rings. The van der Waals surface area contributed by atoms with Crippen molar-refractivity contribution in [3.63, 3.8) is 0 Å². The van der Waals surface area contributed by atoms with Gasteiger partial charge in [0.25, 0.3) is 5.91 Å². The van der Waals surface area contributed by atoms with Crippen LogP contribution in [-0.2, 0) is 4.79 Å². The van der Waals surface area contributed by atoms with Crippen LogP contribution in [0.15, 0.2) is 54.6 Å². The van der Waals surface area contributed by atoms with E-state index in [9.17, 15) is 9.59 Å². The Hall–Kier alpha value is -2.66. The van der Waals surface area contributed by atoms with Gasteiger partial charge in [-0.3, -0.25) is 4.79 Å². The van der Waals surface area contributed by atoms with Crippen LogP contribution in [0.2, 0.25) is 0 Å². The Labute approximate surface area is 121 Å². The molecule has 2 rings (SSSR count). The molecule has 0 heterocycles. The number of carboxylic acids is 1. The van der Waals surface area contributed by atoms with Crippen molar-refractivity contribution in [2.75, 3.05) is 6.61 Å². The van der Waals surface area contributed by atoms with Crippen molar-refractivity contribution in [3.8, 4) is 11.1 Å². The van der Waals surface area contributed by atoms with Gasteiger partial charge in [-0.05, 0) is 23.3 Å². The zero-order valence-corrected chi connectivity index (χ0v) is 11.2. The maximum Gasteiger partial charge on any atom is 0.328 e. The second kappa shape index (κ2) is 6.67. The number of benzene rings is 2. The Balaban J connectivity index is 2.12. The average molecular weight is 285 g/mol. The van der Waals surface area contributed by atoms with E-state index in [0.717, 1.165) is 11.1 Å². The summed E-state index contributed by atoms with van der Waals surface area (Å²) in [7, 11) is 0. The molecule has 2 aromatic rings. The molecule has 0 spiro atoms. The van der Waals surface area contributed by atoms with Gasteiger partial charge in [-0.25, -0.2) is 4.79 Å². The fourth-order valence-electron chi connectivity index (χ4n) is 1.87. The predicted octanol–water partition coefficient (Wildman–Crippen LogP) is 1.53. The summed E-state index contributed by atoms with van der Waals surface area (Å²) in [6.07, 6.45) is 0. The second-order valence-corrected chi connectivity index (χ2v) is 4.49. The van der Waals surface area contributed by atoms with E-state index in [1.807, 2.05) is 30.3 Å². The Kier molecular flexibility index (Phi) is 4.68. The SMILES string of the molecule is O=C(N[C@@H](CO)C(=O)O)c1ccc(-c2ccccc2)cc1. The Morgan fingerprint density at radius 1 is 0.952 bits per heavy atom. The van der Waals surface area contributed by atoms with Gasteiger partial charge in [0, 0.05) is 5.56 Å². The van der Waals surface area contributed by atoms with Crippen LogP contribution in [0.3, 0.4) is 0 Å². The first-order valence-electron chi connectivity index (χ1n) is 6.42. The van der Waals surface area contributed by atoms with Gasteiger partial charge in [-0.15, -0.1) is 0 Å². The van der Waals surface area contributed by atoms with Crippen LogP contribution in [0.5, 0.6) is 0 Å². The van der Waals surface area contributed by atoms with Gasteiger partial charge in [0.2, 0.25) is 0 Å². The fourth-order valence-corrected chi connectivity index (χ4v) is 1.87. The molecule has 1 atom stereocenters. The summed E-state index contributed by atoms with van der Waals surface area (Å²) in [5.74, 6) is -1.80. The zero-order chi connectivity index (χ0) is 15.2. The monoisotopic (exact) mass is 285 g/mol. The van der Waals surface area contributed by atoms with E-state index < -0.39 is 24.5 Å². The molecule has 0 aliphatic carbocycles. The lowest BCUT2D eigenvalue weighted by Crippen LogP contribution is -2.43. The van der Waals surface area contributed by atoms with Crippen molar-refractivity contribution in [2.45, 2.75) is 6.04 Å². The third-order valence-electron chi connectivity index (χ3n) is 3.04. The quantitative estimate of drug-likeness (QED) is 0.777. The summed E-state index contributed by atoms with van der Waals surface area (Å²) in [6.45, 7) is -0.650. The van der Waals surface area contributed by atoms with Crippen LogP contribution < -0.4 is 5.32 Å².